The highest BCUT2D eigenvalue weighted by Gasteiger charge is 2.30. The molecular formula is C11H15F3N4O2. The normalized spacial score (nSPS) is 12.9. The van der Waals surface area contributed by atoms with Gasteiger partial charge in [-0.1, -0.05) is 5.16 Å². The first-order valence-corrected chi connectivity index (χ1v) is 5.68. The minimum atomic E-state index is -4.35. The van der Waals surface area contributed by atoms with Crippen LogP contribution in [0.15, 0.2) is 23.5 Å². The third-order valence-corrected chi connectivity index (χ3v) is 2.42. The molecule has 0 unspecified atom stereocenters. The average Bonchev–Trinajstić information content (AvgIpc) is 2.36. The second-order valence-electron chi connectivity index (χ2n) is 4.08. The van der Waals surface area contributed by atoms with Gasteiger partial charge in [-0.05, 0) is 17.7 Å². The fourth-order valence-corrected chi connectivity index (χ4v) is 1.63. The van der Waals surface area contributed by atoms with E-state index < -0.39 is 12.7 Å². The van der Waals surface area contributed by atoms with E-state index in [0.717, 1.165) is 4.90 Å². The van der Waals surface area contributed by atoms with E-state index >= 15 is 0 Å². The van der Waals surface area contributed by atoms with Gasteiger partial charge in [0.2, 0.25) is 0 Å². The molecule has 0 aliphatic heterocycles. The molecule has 112 valence electrons. The Morgan fingerprint density at radius 2 is 2.15 bits per heavy atom. The highest BCUT2D eigenvalue weighted by molar-refractivity contribution is 5.95. The molecule has 0 atom stereocenters. The second kappa shape index (κ2) is 7.06. The molecule has 1 aromatic heterocycles. The summed E-state index contributed by atoms with van der Waals surface area (Å²) in [5.74, 6) is -0.226. The van der Waals surface area contributed by atoms with Crippen molar-refractivity contribution in [2.45, 2.75) is 12.7 Å². The van der Waals surface area contributed by atoms with Gasteiger partial charge in [0.15, 0.2) is 5.84 Å². The van der Waals surface area contributed by atoms with Gasteiger partial charge in [-0.2, -0.15) is 13.2 Å². The standard InChI is InChI=1S/C11H15F3N4O2/c12-11(13,14)7-18(3-4-19)6-8-1-2-16-9(5-8)10(15)17-20/h1-2,5,19-20H,3-4,6-7H2,(H2,15,17). The van der Waals surface area contributed by atoms with Crippen molar-refractivity contribution in [3.63, 3.8) is 0 Å². The predicted molar refractivity (Wildman–Crippen MR) is 65.2 cm³/mol. The lowest BCUT2D eigenvalue weighted by atomic mass is 10.2. The van der Waals surface area contributed by atoms with Crippen molar-refractivity contribution >= 4 is 5.84 Å². The summed E-state index contributed by atoms with van der Waals surface area (Å²) in [6.45, 7) is -1.65. The largest absolute Gasteiger partial charge is 0.409 e. The zero-order chi connectivity index (χ0) is 15.2. The predicted octanol–water partition coefficient (Wildman–Crippen LogP) is 0.533. The van der Waals surface area contributed by atoms with E-state index in [0.29, 0.717) is 5.56 Å². The molecule has 0 saturated heterocycles. The number of nitrogens with two attached hydrogens (primary N) is 1. The smallest absolute Gasteiger partial charge is 0.401 e. The number of hydrogen-bond donors (Lipinski definition) is 3. The summed E-state index contributed by atoms with van der Waals surface area (Å²) in [6, 6.07) is 2.95. The number of oxime groups is 1. The fourth-order valence-electron chi connectivity index (χ4n) is 1.63. The molecule has 0 spiro atoms. The molecule has 0 aromatic carbocycles. The number of hydrogen-bond acceptors (Lipinski definition) is 5. The zero-order valence-electron chi connectivity index (χ0n) is 10.5. The van der Waals surface area contributed by atoms with E-state index in [1.807, 2.05) is 0 Å². The van der Waals surface area contributed by atoms with Gasteiger partial charge in [-0.15, -0.1) is 0 Å². The lowest BCUT2D eigenvalue weighted by molar-refractivity contribution is -0.147. The quantitative estimate of drug-likeness (QED) is 0.308. The van der Waals surface area contributed by atoms with Crippen LogP contribution in [0, 0.1) is 0 Å². The number of nitrogens with zero attached hydrogens (tertiary/aromatic N) is 3. The van der Waals surface area contributed by atoms with Crippen molar-refractivity contribution in [2.75, 3.05) is 19.7 Å². The molecule has 1 rings (SSSR count). The Morgan fingerprint density at radius 3 is 2.70 bits per heavy atom. The van der Waals surface area contributed by atoms with Crippen LogP contribution < -0.4 is 5.73 Å². The molecular weight excluding hydrogens is 277 g/mol. The van der Waals surface area contributed by atoms with Crippen LogP contribution in [0.1, 0.15) is 11.3 Å². The number of rotatable bonds is 6. The topological polar surface area (TPSA) is 95.0 Å². The Labute approximate surface area is 113 Å². The highest BCUT2D eigenvalue weighted by atomic mass is 19.4. The zero-order valence-corrected chi connectivity index (χ0v) is 10.5. The molecule has 0 radical (unpaired) electrons. The Balaban J connectivity index is 2.83. The third kappa shape index (κ3) is 5.41. The van der Waals surface area contributed by atoms with E-state index in [1.54, 1.807) is 0 Å². The fraction of sp³-hybridized carbons (Fsp3) is 0.455. The molecule has 0 amide bonds. The monoisotopic (exact) mass is 292 g/mol. The Hall–Kier alpha value is -1.87. The molecule has 0 saturated carbocycles. The lowest BCUT2D eigenvalue weighted by Gasteiger charge is -2.22. The number of alkyl halides is 3. The van der Waals surface area contributed by atoms with E-state index in [2.05, 4.69) is 10.1 Å². The van der Waals surface area contributed by atoms with Crippen LogP contribution in [0.25, 0.3) is 0 Å². The summed E-state index contributed by atoms with van der Waals surface area (Å²) in [5, 5.41) is 20.1. The van der Waals surface area contributed by atoms with Gasteiger partial charge in [0.1, 0.15) is 5.69 Å². The molecule has 1 heterocycles. The Bertz CT molecular complexity index is 465. The molecule has 20 heavy (non-hydrogen) atoms. The maximum absolute atomic E-state index is 12.4. The van der Waals surface area contributed by atoms with E-state index in [9.17, 15) is 13.2 Å². The van der Waals surface area contributed by atoms with Crippen molar-refractivity contribution in [1.29, 1.82) is 0 Å². The van der Waals surface area contributed by atoms with Crippen LogP contribution >= 0.6 is 0 Å². The number of amidine groups is 1. The summed E-state index contributed by atoms with van der Waals surface area (Å²) >= 11 is 0. The van der Waals surface area contributed by atoms with Crippen molar-refractivity contribution < 1.29 is 23.5 Å². The van der Waals surface area contributed by atoms with E-state index in [1.165, 1.54) is 18.3 Å². The highest BCUT2D eigenvalue weighted by Crippen LogP contribution is 2.18. The Kier molecular flexibility index (Phi) is 5.71. The molecule has 0 bridgehead atoms. The van der Waals surface area contributed by atoms with Crippen molar-refractivity contribution in [1.82, 2.24) is 9.88 Å². The molecule has 6 nitrogen and oxygen atoms in total. The first-order valence-electron chi connectivity index (χ1n) is 5.68. The van der Waals surface area contributed by atoms with Crippen LogP contribution in [-0.2, 0) is 6.54 Å². The van der Waals surface area contributed by atoms with E-state index in [-0.39, 0.29) is 31.2 Å². The van der Waals surface area contributed by atoms with Gasteiger partial charge < -0.3 is 16.0 Å². The van der Waals surface area contributed by atoms with E-state index in [4.69, 9.17) is 16.0 Å². The molecule has 1 aromatic rings. The minimum absolute atomic E-state index is 0.0334. The van der Waals surface area contributed by atoms with Crippen LogP contribution in [0.4, 0.5) is 13.2 Å². The minimum Gasteiger partial charge on any atom is -0.409 e. The number of pyridine rings is 1. The Morgan fingerprint density at radius 1 is 1.45 bits per heavy atom. The van der Waals surface area contributed by atoms with Crippen molar-refractivity contribution in [3.8, 4) is 0 Å². The van der Waals surface area contributed by atoms with Gasteiger partial charge in [0.05, 0.1) is 13.2 Å². The summed E-state index contributed by atoms with van der Waals surface area (Å²) < 4.78 is 37.2. The van der Waals surface area contributed by atoms with Gasteiger partial charge in [-0.25, -0.2) is 0 Å². The van der Waals surface area contributed by atoms with Crippen molar-refractivity contribution in [2.24, 2.45) is 10.9 Å². The summed E-state index contributed by atoms with van der Waals surface area (Å²) in [7, 11) is 0. The molecule has 0 fully saturated rings. The number of aliphatic hydroxyl groups excluding tert-OH is 1. The first kappa shape index (κ1) is 16.2. The van der Waals surface area contributed by atoms with Crippen LogP contribution in [0.2, 0.25) is 0 Å². The SMILES string of the molecule is N/C(=N/O)c1cc(CN(CCO)CC(F)(F)F)ccn1. The number of aliphatic hydroxyl groups is 1. The maximum Gasteiger partial charge on any atom is 0.401 e. The van der Waals surface area contributed by atoms with Crippen LogP contribution in [0.3, 0.4) is 0 Å². The van der Waals surface area contributed by atoms with Crippen molar-refractivity contribution in [3.05, 3.63) is 29.6 Å². The molecule has 0 aliphatic carbocycles. The maximum atomic E-state index is 12.4. The van der Waals surface area contributed by atoms with Gasteiger partial charge >= 0.3 is 6.18 Å². The molecule has 4 N–H and O–H groups in total. The van der Waals surface area contributed by atoms with Crippen LogP contribution in [-0.4, -0.2) is 51.9 Å². The lowest BCUT2D eigenvalue weighted by Crippen LogP contribution is -2.35. The second-order valence-corrected chi connectivity index (χ2v) is 4.08. The van der Waals surface area contributed by atoms with Gasteiger partial charge in [-0.3, -0.25) is 9.88 Å². The summed E-state index contributed by atoms with van der Waals surface area (Å²) in [6.07, 6.45) is -3.00. The van der Waals surface area contributed by atoms with Crippen LogP contribution in [0.5, 0.6) is 0 Å². The van der Waals surface area contributed by atoms with Gasteiger partial charge in [0.25, 0.3) is 0 Å². The summed E-state index contributed by atoms with van der Waals surface area (Å²) in [4.78, 5) is 4.88. The first-order chi connectivity index (χ1) is 9.35. The number of aromatic nitrogens is 1. The summed E-state index contributed by atoms with van der Waals surface area (Å²) in [5.41, 5.74) is 6.04. The average molecular weight is 292 g/mol. The molecule has 0 aliphatic rings. The molecule has 9 heteroatoms. The third-order valence-electron chi connectivity index (χ3n) is 2.42. The number of halogens is 3. The van der Waals surface area contributed by atoms with Gasteiger partial charge in [0, 0.05) is 19.3 Å².